The van der Waals surface area contributed by atoms with Gasteiger partial charge in [-0.1, -0.05) is 104 Å². The lowest BCUT2D eigenvalue weighted by Gasteiger charge is -2.18. The van der Waals surface area contributed by atoms with Gasteiger partial charge >= 0.3 is 0 Å². The van der Waals surface area contributed by atoms with Crippen LogP contribution in [-0.2, 0) is 0 Å². The molecule has 3 aromatic carbocycles. The van der Waals surface area contributed by atoms with Gasteiger partial charge in [-0.05, 0) is 42.0 Å². The molecule has 0 amide bonds. The third-order valence-corrected chi connectivity index (χ3v) is 6.77. The van der Waals surface area contributed by atoms with E-state index in [2.05, 4.69) is 97.9 Å². The molecule has 0 bridgehead atoms. The molecule has 0 aliphatic rings. The maximum absolute atomic E-state index is 8.01. The van der Waals surface area contributed by atoms with Crippen molar-refractivity contribution in [3.8, 4) is 5.40 Å². The second kappa shape index (κ2) is 12.3. The van der Waals surface area contributed by atoms with Crippen molar-refractivity contribution in [2.24, 2.45) is 0 Å². The molecule has 0 atom stereocenters. The van der Waals surface area contributed by atoms with E-state index in [1.54, 1.807) is 0 Å². The molecule has 0 radical (unpaired) electrons. The van der Waals surface area contributed by atoms with E-state index in [1.165, 1.54) is 34.1 Å². The van der Waals surface area contributed by atoms with Crippen molar-refractivity contribution in [3.63, 3.8) is 0 Å². The highest BCUT2D eigenvalue weighted by Gasteiger charge is 2.14. The van der Waals surface area contributed by atoms with Crippen LogP contribution in [0.15, 0.2) is 91.0 Å². The minimum Gasteiger partial charge on any atom is -0.185 e. The number of nitrogens with zero attached hydrogens (tertiary/aromatic N) is 1. The Morgan fingerprint density at radius 3 is 1.42 bits per heavy atom. The van der Waals surface area contributed by atoms with E-state index < -0.39 is 7.92 Å². The van der Waals surface area contributed by atoms with Gasteiger partial charge in [-0.25, -0.2) is 0 Å². The van der Waals surface area contributed by atoms with Crippen LogP contribution in [0.5, 0.6) is 0 Å². The summed E-state index contributed by atoms with van der Waals surface area (Å²) in [5.74, 6) is 0.993. The summed E-state index contributed by atoms with van der Waals surface area (Å²) in [6.45, 7) is 2.12. The van der Waals surface area contributed by atoms with Crippen LogP contribution in [0.4, 0.5) is 0 Å². The zero-order valence-electron chi connectivity index (χ0n) is 15.1. The second-order valence-electron chi connectivity index (χ2n) is 5.64. The smallest absolute Gasteiger partial charge is 0.133 e. The van der Waals surface area contributed by atoms with E-state index in [4.69, 9.17) is 5.26 Å². The molecule has 0 unspecified atom stereocenters. The number of thiocyanates is 1. The zero-order valence-corrected chi connectivity index (χ0v) is 16.8. The number of nitriles is 1. The van der Waals surface area contributed by atoms with Crippen LogP contribution in [-0.4, -0.2) is 5.75 Å². The Hall–Kier alpha value is -2.07. The number of thioether (sulfide) groups is 1. The van der Waals surface area contributed by atoms with E-state index in [9.17, 15) is 0 Å². The Bertz CT molecular complexity index is 676. The third kappa shape index (κ3) is 6.68. The summed E-state index contributed by atoms with van der Waals surface area (Å²) in [6.07, 6.45) is 2.35. The number of benzene rings is 3. The van der Waals surface area contributed by atoms with E-state index in [0.717, 1.165) is 12.2 Å². The molecule has 0 spiro atoms. The van der Waals surface area contributed by atoms with Crippen LogP contribution in [0.25, 0.3) is 0 Å². The molecule has 0 aromatic heterocycles. The van der Waals surface area contributed by atoms with E-state index in [0.29, 0.717) is 0 Å². The largest absolute Gasteiger partial charge is 0.185 e. The Morgan fingerprint density at radius 2 is 1.12 bits per heavy atom. The monoisotopic (exact) mass is 377 g/mol. The minimum absolute atomic E-state index is 0.446. The Labute approximate surface area is 162 Å². The molecule has 0 saturated heterocycles. The third-order valence-electron chi connectivity index (χ3n) is 3.71. The van der Waals surface area contributed by atoms with Gasteiger partial charge in [0.1, 0.15) is 5.40 Å². The summed E-state index contributed by atoms with van der Waals surface area (Å²) < 4.78 is 0. The first-order chi connectivity index (χ1) is 12.9. The molecule has 0 aliphatic heterocycles. The lowest BCUT2D eigenvalue weighted by atomic mass is 10.4. The Balaban J connectivity index is 0.000000298. The van der Waals surface area contributed by atoms with Gasteiger partial charge in [0, 0.05) is 5.75 Å². The molecule has 0 saturated carbocycles. The van der Waals surface area contributed by atoms with Crippen molar-refractivity contribution in [2.75, 3.05) is 5.75 Å². The van der Waals surface area contributed by atoms with Gasteiger partial charge in [0.05, 0.1) is 0 Å². The standard InChI is InChI=1S/C18H15P.C5H9NS/c1-4-10-16(11-5-1)19(17-12-6-2-7-13-17)18-14-8-3-9-15-18;1-2-3-4-7-5-6/h1-15H;2-4H2,1H3. The van der Waals surface area contributed by atoms with Crippen LogP contribution in [0, 0.1) is 10.7 Å². The first-order valence-electron chi connectivity index (χ1n) is 8.83. The average molecular weight is 377 g/mol. The molecule has 26 heavy (non-hydrogen) atoms. The van der Waals surface area contributed by atoms with Crippen LogP contribution in [0.1, 0.15) is 19.8 Å². The van der Waals surface area contributed by atoms with Crippen molar-refractivity contribution in [1.29, 1.82) is 5.26 Å². The van der Waals surface area contributed by atoms with Crippen LogP contribution in [0.2, 0.25) is 0 Å². The lowest BCUT2D eigenvalue weighted by Crippen LogP contribution is -2.20. The van der Waals surface area contributed by atoms with Crippen molar-refractivity contribution >= 4 is 35.6 Å². The average Bonchev–Trinajstić information content (AvgIpc) is 2.72. The first kappa shape index (κ1) is 20.2. The predicted molar refractivity (Wildman–Crippen MR) is 118 cm³/mol. The van der Waals surface area contributed by atoms with Gasteiger partial charge < -0.3 is 0 Å². The molecule has 0 aliphatic carbocycles. The van der Waals surface area contributed by atoms with Crippen LogP contribution in [0.3, 0.4) is 0 Å². The number of unbranched alkanes of at least 4 members (excludes halogenated alkanes) is 1. The summed E-state index contributed by atoms with van der Waals surface area (Å²) in [5.41, 5.74) is 0. The Kier molecular flexibility index (Phi) is 9.59. The highest BCUT2D eigenvalue weighted by molar-refractivity contribution is 8.03. The fourth-order valence-electron chi connectivity index (χ4n) is 2.44. The number of hydrogen-bond acceptors (Lipinski definition) is 2. The Morgan fingerprint density at radius 1 is 0.731 bits per heavy atom. The normalized spacial score (nSPS) is 9.88. The molecule has 0 fully saturated rings. The van der Waals surface area contributed by atoms with Crippen LogP contribution < -0.4 is 15.9 Å². The summed E-state index contributed by atoms with van der Waals surface area (Å²) in [5, 5.41) is 14.2. The summed E-state index contributed by atoms with van der Waals surface area (Å²) in [6, 6.07) is 32.3. The first-order valence-corrected chi connectivity index (χ1v) is 11.2. The maximum atomic E-state index is 8.01. The quantitative estimate of drug-likeness (QED) is 0.324. The van der Waals surface area contributed by atoms with Gasteiger partial charge in [0.15, 0.2) is 0 Å². The highest BCUT2D eigenvalue weighted by Crippen LogP contribution is 2.32. The summed E-state index contributed by atoms with van der Waals surface area (Å²) in [7, 11) is -0.446. The zero-order chi connectivity index (χ0) is 18.5. The molecule has 3 rings (SSSR count). The van der Waals surface area contributed by atoms with Gasteiger partial charge in [0.2, 0.25) is 0 Å². The SMILES string of the molecule is CCCCSC#N.c1ccc(P(c2ccccc2)c2ccccc2)cc1. The summed E-state index contributed by atoms with van der Waals surface area (Å²) in [4.78, 5) is 0. The molecule has 3 aromatic rings. The second-order valence-corrected chi connectivity index (χ2v) is 8.73. The molecule has 0 heterocycles. The van der Waals surface area contributed by atoms with Gasteiger partial charge in [-0.3, -0.25) is 0 Å². The molecule has 3 heteroatoms. The maximum Gasteiger partial charge on any atom is 0.133 e. The minimum atomic E-state index is -0.446. The predicted octanol–water partition coefficient (Wildman–Crippen LogP) is 5.45. The molecule has 1 nitrogen and oxygen atoms in total. The van der Waals surface area contributed by atoms with Crippen LogP contribution >= 0.6 is 19.7 Å². The molecular formula is C23H24NPS. The summed E-state index contributed by atoms with van der Waals surface area (Å²) >= 11 is 1.34. The van der Waals surface area contributed by atoms with E-state index in [1.807, 2.05) is 5.40 Å². The van der Waals surface area contributed by atoms with Crippen molar-refractivity contribution in [1.82, 2.24) is 0 Å². The van der Waals surface area contributed by atoms with E-state index in [-0.39, 0.29) is 0 Å². The molecular weight excluding hydrogens is 353 g/mol. The fraction of sp³-hybridized carbons (Fsp3) is 0.174. The lowest BCUT2D eigenvalue weighted by molar-refractivity contribution is 0.898. The molecule has 0 N–H and O–H groups in total. The van der Waals surface area contributed by atoms with Crippen molar-refractivity contribution < 1.29 is 0 Å². The number of hydrogen-bond donors (Lipinski definition) is 0. The van der Waals surface area contributed by atoms with Crippen molar-refractivity contribution in [3.05, 3.63) is 91.0 Å². The van der Waals surface area contributed by atoms with E-state index >= 15 is 0 Å². The molecule has 132 valence electrons. The fourth-order valence-corrected chi connectivity index (χ4v) is 5.27. The van der Waals surface area contributed by atoms with Gasteiger partial charge in [0.25, 0.3) is 0 Å². The number of rotatable bonds is 6. The topological polar surface area (TPSA) is 23.8 Å². The van der Waals surface area contributed by atoms with Crippen molar-refractivity contribution in [2.45, 2.75) is 19.8 Å². The van der Waals surface area contributed by atoms with Gasteiger partial charge in [-0.15, -0.1) is 0 Å². The van der Waals surface area contributed by atoms with Gasteiger partial charge in [-0.2, -0.15) is 5.26 Å². The highest BCUT2D eigenvalue weighted by atomic mass is 32.2.